The molecule has 0 aromatic rings. The lowest BCUT2D eigenvalue weighted by Crippen LogP contribution is -2.20. The van der Waals surface area contributed by atoms with Crippen LogP contribution in [0.25, 0.3) is 0 Å². The zero-order valence-corrected chi connectivity index (χ0v) is 6.28. The molecular weight excluding hydrogens is 158 g/mol. The summed E-state index contributed by atoms with van der Waals surface area (Å²) in [5.41, 5.74) is 8.94. The van der Waals surface area contributed by atoms with E-state index in [4.69, 9.17) is 5.41 Å². The quantitative estimate of drug-likeness (QED) is 0.246. The summed E-state index contributed by atoms with van der Waals surface area (Å²) in [6.07, 6.45) is 5.01. The fourth-order valence-corrected chi connectivity index (χ4v) is 0.440. The van der Waals surface area contributed by atoms with Gasteiger partial charge >= 0.3 is 0 Å². The third-order valence-electron chi connectivity index (χ3n) is 0.824. The first-order valence-electron chi connectivity index (χ1n) is 3.06. The largest absolute Gasteiger partial charge is 0.370 e. The Morgan fingerprint density at radius 1 is 1.00 bits per heavy atom. The summed E-state index contributed by atoms with van der Waals surface area (Å²) < 4.78 is 0. The number of hydrogen-bond acceptors (Lipinski definition) is 3. The minimum atomic E-state index is -0.333. The third kappa shape index (κ3) is 6.21. The van der Waals surface area contributed by atoms with E-state index in [9.17, 15) is 9.59 Å². The number of allylic oxidation sites excluding steroid dienone is 4. The van der Waals surface area contributed by atoms with Gasteiger partial charge in [0.25, 0.3) is 0 Å². The standard InChI is InChI=1S/C6H4O2.CH5N3/c7-5-1-2-6(8)4-3-5;2-1(3)4/h1-4H;(H5,2,3,4). The lowest BCUT2D eigenvalue weighted by atomic mass is 10.2. The summed E-state index contributed by atoms with van der Waals surface area (Å²) in [4.78, 5) is 20.6. The number of nitrogens with one attached hydrogen (secondary N) is 1. The van der Waals surface area contributed by atoms with Crippen LogP contribution in [0.2, 0.25) is 0 Å². The average molecular weight is 167 g/mol. The Bertz CT molecular complexity index is 224. The summed E-state index contributed by atoms with van der Waals surface area (Å²) >= 11 is 0. The molecule has 1 rings (SSSR count). The smallest absolute Gasteiger partial charge is 0.183 e. The fraction of sp³-hybridized carbons (Fsp3) is 0. The fourth-order valence-electron chi connectivity index (χ4n) is 0.440. The lowest BCUT2D eigenvalue weighted by Gasteiger charge is -1.87. The summed E-state index contributed by atoms with van der Waals surface area (Å²) in [5.74, 6) is -0.575. The molecule has 0 unspecified atom stereocenters. The van der Waals surface area contributed by atoms with Crippen molar-refractivity contribution < 1.29 is 9.59 Å². The zero-order valence-electron chi connectivity index (χ0n) is 6.28. The molecule has 0 heterocycles. The second-order valence-electron chi connectivity index (χ2n) is 1.93. The van der Waals surface area contributed by atoms with Gasteiger partial charge in [-0.1, -0.05) is 0 Å². The van der Waals surface area contributed by atoms with Gasteiger partial charge in [0.15, 0.2) is 17.5 Å². The average Bonchev–Trinajstić information content (AvgIpc) is 1.94. The number of carbonyl (C=O) groups is 2. The summed E-state index contributed by atoms with van der Waals surface area (Å²) in [6, 6.07) is 0. The van der Waals surface area contributed by atoms with Crippen molar-refractivity contribution in [3.63, 3.8) is 0 Å². The van der Waals surface area contributed by atoms with E-state index < -0.39 is 0 Å². The number of guanidine groups is 1. The van der Waals surface area contributed by atoms with Gasteiger partial charge in [-0.05, 0) is 24.3 Å². The van der Waals surface area contributed by atoms with Crippen molar-refractivity contribution in [2.45, 2.75) is 0 Å². The molecule has 1 aliphatic carbocycles. The first kappa shape index (κ1) is 10.1. The molecule has 0 radical (unpaired) electrons. The van der Waals surface area contributed by atoms with Crippen LogP contribution in [-0.4, -0.2) is 17.5 Å². The Morgan fingerprint density at radius 2 is 1.17 bits per heavy atom. The second-order valence-corrected chi connectivity index (χ2v) is 1.93. The number of nitrogens with two attached hydrogens (primary N) is 2. The SMILES string of the molecule is N=C(N)N.O=C1C=CC(=O)C=C1. The zero-order chi connectivity index (χ0) is 9.56. The van der Waals surface area contributed by atoms with Gasteiger partial charge in [-0.25, -0.2) is 0 Å². The molecule has 0 aromatic heterocycles. The van der Waals surface area contributed by atoms with Crippen molar-refractivity contribution in [3.05, 3.63) is 24.3 Å². The van der Waals surface area contributed by atoms with Crippen LogP contribution in [0.3, 0.4) is 0 Å². The van der Waals surface area contributed by atoms with Gasteiger partial charge in [-0.15, -0.1) is 0 Å². The maximum absolute atomic E-state index is 10.3. The van der Waals surface area contributed by atoms with E-state index in [2.05, 4.69) is 11.5 Å². The molecule has 0 spiro atoms. The van der Waals surface area contributed by atoms with Gasteiger partial charge in [0.1, 0.15) is 0 Å². The molecule has 5 heteroatoms. The highest BCUT2D eigenvalue weighted by Crippen LogP contribution is 1.90. The van der Waals surface area contributed by atoms with Crippen LogP contribution in [0, 0.1) is 5.41 Å². The van der Waals surface area contributed by atoms with Crippen LogP contribution in [0.15, 0.2) is 24.3 Å². The Morgan fingerprint density at radius 3 is 1.33 bits per heavy atom. The van der Waals surface area contributed by atoms with Crippen molar-refractivity contribution in [1.29, 1.82) is 5.41 Å². The van der Waals surface area contributed by atoms with Crippen LogP contribution in [-0.2, 0) is 9.59 Å². The number of rotatable bonds is 0. The van der Waals surface area contributed by atoms with Crippen molar-refractivity contribution >= 4 is 17.5 Å². The van der Waals surface area contributed by atoms with Crippen LogP contribution in [0.5, 0.6) is 0 Å². The molecule has 5 nitrogen and oxygen atoms in total. The molecular formula is C7H9N3O2. The normalized spacial score (nSPS) is 13.7. The van der Waals surface area contributed by atoms with Crippen molar-refractivity contribution in [2.75, 3.05) is 0 Å². The predicted molar refractivity (Wildman–Crippen MR) is 44.4 cm³/mol. The number of carbonyl (C=O) groups excluding carboxylic acids is 2. The van der Waals surface area contributed by atoms with Gasteiger partial charge in [0.05, 0.1) is 0 Å². The molecule has 0 aromatic carbocycles. The van der Waals surface area contributed by atoms with E-state index in [1.54, 1.807) is 0 Å². The van der Waals surface area contributed by atoms with Crippen molar-refractivity contribution in [3.8, 4) is 0 Å². The Balaban J connectivity index is 0.000000261. The first-order valence-corrected chi connectivity index (χ1v) is 3.06. The van der Waals surface area contributed by atoms with E-state index >= 15 is 0 Å². The van der Waals surface area contributed by atoms with Gasteiger partial charge in [-0.3, -0.25) is 15.0 Å². The third-order valence-corrected chi connectivity index (χ3v) is 0.824. The van der Waals surface area contributed by atoms with Crippen LogP contribution in [0.4, 0.5) is 0 Å². The van der Waals surface area contributed by atoms with Gasteiger partial charge < -0.3 is 11.5 Å². The lowest BCUT2D eigenvalue weighted by molar-refractivity contribution is -0.113. The molecule has 0 atom stereocenters. The molecule has 64 valence electrons. The Kier molecular flexibility index (Phi) is 4.07. The van der Waals surface area contributed by atoms with E-state index in [0.717, 1.165) is 0 Å². The predicted octanol–water partition coefficient (Wildman–Crippen LogP) is -0.911. The monoisotopic (exact) mass is 167 g/mol. The number of hydrogen-bond donors (Lipinski definition) is 3. The highest BCUT2D eigenvalue weighted by molar-refractivity contribution is 6.14. The summed E-state index contributed by atoms with van der Waals surface area (Å²) in [7, 11) is 0. The highest BCUT2D eigenvalue weighted by Gasteiger charge is 1.97. The van der Waals surface area contributed by atoms with Gasteiger partial charge in [0, 0.05) is 0 Å². The van der Waals surface area contributed by atoms with Crippen LogP contribution in [0.1, 0.15) is 0 Å². The van der Waals surface area contributed by atoms with Gasteiger partial charge in [0.2, 0.25) is 0 Å². The molecule has 1 aliphatic rings. The topological polar surface area (TPSA) is 110 Å². The molecule has 5 N–H and O–H groups in total. The van der Waals surface area contributed by atoms with Gasteiger partial charge in [-0.2, -0.15) is 0 Å². The molecule has 0 saturated heterocycles. The molecule has 0 saturated carbocycles. The minimum absolute atomic E-state index is 0.121. The number of ketones is 2. The Labute approximate surface area is 69.2 Å². The molecule has 0 bridgehead atoms. The first-order chi connectivity index (χ1) is 5.52. The van der Waals surface area contributed by atoms with E-state index in [-0.39, 0.29) is 17.5 Å². The van der Waals surface area contributed by atoms with Crippen LogP contribution < -0.4 is 11.5 Å². The Hall–Kier alpha value is -1.91. The highest BCUT2D eigenvalue weighted by atomic mass is 16.1. The maximum atomic E-state index is 10.3. The van der Waals surface area contributed by atoms with E-state index in [1.165, 1.54) is 24.3 Å². The van der Waals surface area contributed by atoms with Crippen molar-refractivity contribution in [1.82, 2.24) is 0 Å². The molecule has 0 aliphatic heterocycles. The molecule has 12 heavy (non-hydrogen) atoms. The van der Waals surface area contributed by atoms with Crippen LogP contribution >= 0.6 is 0 Å². The summed E-state index contributed by atoms with van der Waals surface area (Å²) in [5, 5.41) is 6.06. The minimum Gasteiger partial charge on any atom is -0.370 e. The second kappa shape index (κ2) is 4.84. The maximum Gasteiger partial charge on any atom is 0.183 e. The summed E-state index contributed by atoms with van der Waals surface area (Å²) in [6.45, 7) is 0. The van der Waals surface area contributed by atoms with E-state index in [1.807, 2.05) is 0 Å². The molecule has 0 fully saturated rings. The van der Waals surface area contributed by atoms with E-state index in [0.29, 0.717) is 0 Å². The van der Waals surface area contributed by atoms with Crippen molar-refractivity contribution in [2.24, 2.45) is 11.5 Å². The molecule has 0 amide bonds.